The second-order valence-electron chi connectivity index (χ2n) is 4.73. The fourth-order valence-corrected chi connectivity index (χ4v) is 2.02. The average molecular weight is 286 g/mol. The molecule has 0 heterocycles. The first-order valence-corrected chi connectivity index (χ1v) is 7.27. The van der Waals surface area contributed by atoms with E-state index >= 15 is 0 Å². The van der Waals surface area contributed by atoms with E-state index in [0.29, 0.717) is 30.2 Å². The molecular formula is C15H24ClNO2. The molecule has 0 aromatic heterocycles. The Labute approximate surface area is 120 Å². The van der Waals surface area contributed by atoms with Crippen LogP contribution in [0.25, 0.3) is 0 Å². The van der Waals surface area contributed by atoms with Crippen molar-refractivity contribution in [3.63, 3.8) is 0 Å². The van der Waals surface area contributed by atoms with Gasteiger partial charge in [-0.05, 0) is 25.5 Å². The molecule has 0 radical (unpaired) electrons. The summed E-state index contributed by atoms with van der Waals surface area (Å²) in [6, 6.07) is 5.71. The largest absolute Gasteiger partial charge is 0.489 e. The van der Waals surface area contributed by atoms with Gasteiger partial charge in [0.05, 0.1) is 10.6 Å². The number of hydrogen-bond acceptors (Lipinski definition) is 3. The molecule has 4 heteroatoms. The zero-order valence-electron chi connectivity index (χ0n) is 12.0. The average Bonchev–Trinajstić information content (AvgIpc) is 2.43. The number of hydrogen-bond donors (Lipinski definition) is 2. The topological polar surface area (TPSA) is 41.5 Å². The summed E-state index contributed by atoms with van der Waals surface area (Å²) in [7, 11) is 0. The molecule has 0 aliphatic heterocycles. The Hall–Kier alpha value is -0.770. The minimum atomic E-state index is -0.783. The fraction of sp³-hybridized carbons (Fsp3) is 0.600. The summed E-state index contributed by atoms with van der Waals surface area (Å²) in [4.78, 5) is 0. The highest BCUT2D eigenvalue weighted by Gasteiger charge is 2.24. The lowest BCUT2D eigenvalue weighted by atomic mass is 9.99. The van der Waals surface area contributed by atoms with Crippen LogP contribution < -0.4 is 10.1 Å². The molecule has 0 amide bonds. The quantitative estimate of drug-likeness (QED) is 0.769. The van der Waals surface area contributed by atoms with Crippen molar-refractivity contribution in [2.45, 2.75) is 45.8 Å². The molecular weight excluding hydrogens is 262 g/mol. The molecule has 3 nitrogen and oxygen atoms in total. The van der Waals surface area contributed by atoms with Crippen LogP contribution in [-0.4, -0.2) is 23.9 Å². The van der Waals surface area contributed by atoms with Crippen molar-refractivity contribution in [2.75, 3.05) is 13.2 Å². The van der Waals surface area contributed by atoms with Gasteiger partial charge >= 0.3 is 0 Å². The predicted octanol–water partition coefficient (Wildman–Crippen LogP) is 3.38. The first kappa shape index (κ1) is 16.3. The number of nitrogens with one attached hydrogen (secondary N) is 1. The summed E-state index contributed by atoms with van der Waals surface area (Å²) < 4.78 is 5.79. The highest BCUT2D eigenvalue weighted by atomic mass is 35.5. The molecule has 1 aromatic carbocycles. The van der Waals surface area contributed by atoms with Gasteiger partial charge in [-0.1, -0.05) is 44.5 Å². The first-order valence-electron chi connectivity index (χ1n) is 6.89. The van der Waals surface area contributed by atoms with Gasteiger partial charge in [-0.25, -0.2) is 0 Å². The van der Waals surface area contributed by atoms with E-state index in [0.717, 1.165) is 12.1 Å². The molecule has 1 aromatic rings. The monoisotopic (exact) mass is 285 g/mol. The van der Waals surface area contributed by atoms with E-state index in [4.69, 9.17) is 16.3 Å². The van der Waals surface area contributed by atoms with E-state index in [9.17, 15) is 5.11 Å². The molecule has 108 valence electrons. The summed E-state index contributed by atoms with van der Waals surface area (Å²) in [6.45, 7) is 7.84. The Bertz CT molecular complexity index is 392. The second kappa shape index (κ2) is 7.73. The van der Waals surface area contributed by atoms with Crippen molar-refractivity contribution in [1.82, 2.24) is 5.32 Å². The molecule has 1 rings (SSSR count). The van der Waals surface area contributed by atoms with Crippen molar-refractivity contribution in [1.29, 1.82) is 0 Å². The Balaban J connectivity index is 2.81. The number of benzene rings is 1. The molecule has 0 fully saturated rings. The number of halogens is 1. The van der Waals surface area contributed by atoms with E-state index in [2.05, 4.69) is 12.2 Å². The second-order valence-corrected chi connectivity index (χ2v) is 5.14. The van der Waals surface area contributed by atoms with E-state index in [1.165, 1.54) is 0 Å². The Morgan fingerprint density at radius 3 is 2.53 bits per heavy atom. The van der Waals surface area contributed by atoms with Crippen LogP contribution in [0.2, 0.25) is 5.02 Å². The lowest BCUT2D eigenvalue weighted by Gasteiger charge is -2.26. The third kappa shape index (κ3) is 4.68. The Morgan fingerprint density at radius 2 is 1.95 bits per heavy atom. The predicted molar refractivity (Wildman–Crippen MR) is 79.9 cm³/mol. The molecule has 2 N–H and O–H groups in total. The first-order chi connectivity index (χ1) is 9.06. The minimum Gasteiger partial charge on any atom is -0.489 e. The molecule has 19 heavy (non-hydrogen) atoms. The van der Waals surface area contributed by atoms with Gasteiger partial charge < -0.3 is 15.2 Å². The summed E-state index contributed by atoms with van der Waals surface area (Å²) in [6.07, 6.45) is 1.33. The minimum absolute atomic E-state index is 0.267. The summed E-state index contributed by atoms with van der Waals surface area (Å²) in [5.74, 6) is 0.672. The zero-order valence-corrected chi connectivity index (χ0v) is 12.8. The molecule has 0 saturated carbocycles. The Kier molecular flexibility index (Phi) is 6.63. The molecule has 0 aliphatic rings. The Morgan fingerprint density at radius 1 is 1.26 bits per heavy atom. The highest BCUT2D eigenvalue weighted by molar-refractivity contribution is 6.32. The van der Waals surface area contributed by atoms with Crippen LogP contribution in [-0.2, 0) is 6.54 Å². The maximum absolute atomic E-state index is 10.3. The summed E-state index contributed by atoms with van der Waals surface area (Å²) in [5, 5.41) is 14.1. The van der Waals surface area contributed by atoms with Crippen molar-refractivity contribution in [3.05, 3.63) is 28.8 Å². The number of para-hydroxylation sites is 1. The van der Waals surface area contributed by atoms with Crippen LogP contribution in [0.3, 0.4) is 0 Å². The van der Waals surface area contributed by atoms with Gasteiger partial charge in [0.15, 0.2) is 0 Å². The standard InChI is InChI=1S/C15H24ClNO2/c1-4-15(18,5-2)11-19-14-12(10-17-6-3)8-7-9-13(14)16/h7-9,17-18H,4-6,10-11H2,1-3H3. The van der Waals surface area contributed by atoms with Gasteiger partial charge in [0.25, 0.3) is 0 Å². The summed E-state index contributed by atoms with van der Waals surface area (Å²) in [5.41, 5.74) is 0.234. The smallest absolute Gasteiger partial charge is 0.142 e. The maximum atomic E-state index is 10.3. The van der Waals surface area contributed by atoms with E-state index in [-0.39, 0.29) is 6.61 Å². The lowest BCUT2D eigenvalue weighted by molar-refractivity contribution is -0.0115. The number of aliphatic hydroxyl groups is 1. The maximum Gasteiger partial charge on any atom is 0.142 e. The molecule has 0 atom stereocenters. The van der Waals surface area contributed by atoms with Crippen molar-refractivity contribution in [2.24, 2.45) is 0 Å². The SMILES string of the molecule is CCNCc1cccc(Cl)c1OCC(O)(CC)CC. The van der Waals surface area contributed by atoms with Gasteiger partial charge in [0.2, 0.25) is 0 Å². The van der Waals surface area contributed by atoms with Crippen LogP contribution in [0.5, 0.6) is 5.75 Å². The summed E-state index contributed by atoms with van der Waals surface area (Å²) >= 11 is 6.19. The molecule has 0 aliphatic carbocycles. The van der Waals surface area contributed by atoms with E-state index < -0.39 is 5.60 Å². The van der Waals surface area contributed by atoms with Crippen LogP contribution in [0, 0.1) is 0 Å². The van der Waals surface area contributed by atoms with Gasteiger partial charge in [-0.15, -0.1) is 0 Å². The van der Waals surface area contributed by atoms with Gasteiger partial charge in [-0.3, -0.25) is 0 Å². The lowest BCUT2D eigenvalue weighted by Crippen LogP contribution is -2.34. The highest BCUT2D eigenvalue weighted by Crippen LogP contribution is 2.30. The van der Waals surface area contributed by atoms with E-state index in [1.807, 2.05) is 32.0 Å². The number of ether oxygens (including phenoxy) is 1. The molecule has 0 spiro atoms. The van der Waals surface area contributed by atoms with Crippen molar-refractivity contribution < 1.29 is 9.84 Å². The third-order valence-electron chi connectivity index (χ3n) is 3.42. The van der Waals surface area contributed by atoms with Crippen LogP contribution >= 0.6 is 11.6 Å². The van der Waals surface area contributed by atoms with Crippen molar-refractivity contribution in [3.8, 4) is 5.75 Å². The van der Waals surface area contributed by atoms with Crippen LogP contribution in [0.4, 0.5) is 0 Å². The van der Waals surface area contributed by atoms with Crippen LogP contribution in [0.15, 0.2) is 18.2 Å². The van der Waals surface area contributed by atoms with Crippen molar-refractivity contribution >= 4 is 11.6 Å². The number of rotatable bonds is 8. The molecule has 0 saturated heterocycles. The van der Waals surface area contributed by atoms with Gasteiger partial charge in [0, 0.05) is 12.1 Å². The normalized spacial score (nSPS) is 11.6. The third-order valence-corrected chi connectivity index (χ3v) is 3.71. The van der Waals surface area contributed by atoms with Gasteiger partial charge in [0.1, 0.15) is 12.4 Å². The molecule has 0 unspecified atom stereocenters. The fourth-order valence-electron chi connectivity index (χ4n) is 1.77. The van der Waals surface area contributed by atoms with E-state index in [1.54, 1.807) is 0 Å². The van der Waals surface area contributed by atoms with Gasteiger partial charge in [-0.2, -0.15) is 0 Å². The zero-order chi connectivity index (χ0) is 14.3. The van der Waals surface area contributed by atoms with Crippen LogP contribution in [0.1, 0.15) is 39.2 Å². The molecule has 0 bridgehead atoms.